The van der Waals surface area contributed by atoms with Gasteiger partial charge >= 0.3 is 5.97 Å². The van der Waals surface area contributed by atoms with Gasteiger partial charge in [0.15, 0.2) is 0 Å². The molecule has 0 spiro atoms. The normalized spacial score (nSPS) is 11.4. The number of benzene rings is 1. The van der Waals surface area contributed by atoms with Gasteiger partial charge in [-0.15, -0.1) is 0 Å². The summed E-state index contributed by atoms with van der Waals surface area (Å²) in [5.41, 5.74) is 1.19. The first-order valence-electron chi connectivity index (χ1n) is 5.93. The number of aliphatic carboxylic acids is 1. The first kappa shape index (κ1) is 13.6. The molecule has 0 aliphatic rings. The molecule has 3 nitrogen and oxygen atoms in total. The minimum absolute atomic E-state index is 0.0200. The number of hydrogen-bond donors (Lipinski definition) is 2. The van der Waals surface area contributed by atoms with E-state index in [1.54, 1.807) is 12.1 Å². The van der Waals surface area contributed by atoms with Crippen LogP contribution in [0.15, 0.2) is 24.3 Å². The predicted octanol–water partition coefficient (Wildman–Crippen LogP) is 3.31. The van der Waals surface area contributed by atoms with Gasteiger partial charge < -0.3 is 10.2 Å². The maximum Gasteiger partial charge on any atom is 0.303 e. The lowest BCUT2D eigenvalue weighted by atomic mass is 9.80. The highest BCUT2D eigenvalue weighted by molar-refractivity contribution is 5.66. The molecule has 0 aromatic heterocycles. The van der Waals surface area contributed by atoms with E-state index in [4.69, 9.17) is 5.11 Å². The molecule has 0 bridgehead atoms. The smallest absolute Gasteiger partial charge is 0.303 e. The number of phenolic OH excluding ortho intramolecular Hbond substituents is 1. The summed E-state index contributed by atoms with van der Waals surface area (Å²) in [5.74, 6) is -0.456. The summed E-state index contributed by atoms with van der Waals surface area (Å²) in [5, 5.41) is 17.8. The summed E-state index contributed by atoms with van der Waals surface area (Å²) in [7, 11) is 0. The molecule has 94 valence electrons. The van der Waals surface area contributed by atoms with E-state index in [1.807, 2.05) is 12.1 Å². The predicted molar refractivity (Wildman–Crippen MR) is 67.2 cm³/mol. The van der Waals surface area contributed by atoms with Crippen molar-refractivity contribution in [3.8, 4) is 5.75 Å². The van der Waals surface area contributed by atoms with Gasteiger partial charge in [0.25, 0.3) is 0 Å². The van der Waals surface area contributed by atoms with E-state index in [1.165, 1.54) is 5.56 Å². The maximum atomic E-state index is 10.4. The SMILES string of the molecule is CC(C)(CCCCC(=O)O)c1ccc(O)cc1. The van der Waals surface area contributed by atoms with Crippen molar-refractivity contribution < 1.29 is 15.0 Å². The van der Waals surface area contributed by atoms with Crippen LogP contribution in [-0.2, 0) is 10.2 Å². The Labute approximate surface area is 102 Å². The lowest BCUT2D eigenvalue weighted by Gasteiger charge is -2.25. The molecule has 0 atom stereocenters. The number of hydrogen-bond acceptors (Lipinski definition) is 2. The summed E-state index contributed by atoms with van der Waals surface area (Å²) in [6.45, 7) is 4.28. The van der Waals surface area contributed by atoms with Crippen molar-refractivity contribution in [2.75, 3.05) is 0 Å². The van der Waals surface area contributed by atoms with Crippen molar-refractivity contribution in [2.45, 2.75) is 44.9 Å². The number of phenols is 1. The van der Waals surface area contributed by atoms with Crippen molar-refractivity contribution in [3.05, 3.63) is 29.8 Å². The van der Waals surface area contributed by atoms with Crippen molar-refractivity contribution in [1.29, 1.82) is 0 Å². The van der Waals surface area contributed by atoms with E-state index >= 15 is 0 Å². The molecule has 17 heavy (non-hydrogen) atoms. The van der Waals surface area contributed by atoms with Crippen LogP contribution in [0.1, 0.15) is 45.1 Å². The van der Waals surface area contributed by atoms with E-state index in [2.05, 4.69) is 13.8 Å². The zero-order valence-corrected chi connectivity index (χ0v) is 10.4. The summed E-state index contributed by atoms with van der Waals surface area (Å²) in [6.07, 6.45) is 2.81. The molecule has 3 heteroatoms. The van der Waals surface area contributed by atoms with Gasteiger partial charge in [-0.25, -0.2) is 0 Å². The number of aromatic hydroxyl groups is 1. The average Bonchev–Trinajstić information content (AvgIpc) is 2.25. The van der Waals surface area contributed by atoms with Crippen molar-refractivity contribution in [3.63, 3.8) is 0 Å². The first-order chi connectivity index (χ1) is 7.92. The van der Waals surface area contributed by atoms with E-state index in [0.29, 0.717) is 0 Å². The monoisotopic (exact) mass is 236 g/mol. The molecule has 1 aromatic rings. The highest BCUT2D eigenvalue weighted by atomic mass is 16.4. The molecule has 0 saturated heterocycles. The molecule has 1 rings (SSSR count). The standard InChI is InChI=1S/C14H20O3/c1-14(2,10-4-3-5-13(16)17)11-6-8-12(15)9-7-11/h6-9,15H,3-5,10H2,1-2H3,(H,16,17). The number of carbonyl (C=O) groups is 1. The van der Waals surface area contributed by atoms with Crippen LogP contribution in [0.2, 0.25) is 0 Å². The third kappa shape index (κ3) is 4.47. The summed E-state index contributed by atoms with van der Waals surface area (Å²) < 4.78 is 0. The molecular weight excluding hydrogens is 216 g/mol. The van der Waals surface area contributed by atoms with Crippen molar-refractivity contribution in [2.24, 2.45) is 0 Å². The molecule has 0 aliphatic carbocycles. The van der Waals surface area contributed by atoms with Crippen LogP contribution in [0.4, 0.5) is 0 Å². The Hall–Kier alpha value is -1.51. The fourth-order valence-electron chi connectivity index (χ4n) is 1.90. The molecule has 0 aliphatic heterocycles. The minimum atomic E-state index is -0.729. The molecule has 1 aromatic carbocycles. The van der Waals surface area contributed by atoms with Crippen molar-refractivity contribution in [1.82, 2.24) is 0 Å². The van der Waals surface area contributed by atoms with Crippen LogP contribution >= 0.6 is 0 Å². The molecule has 0 saturated carbocycles. The zero-order chi connectivity index (χ0) is 12.9. The number of carboxylic acids is 1. The van der Waals surface area contributed by atoms with Gasteiger partial charge in [-0.2, -0.15) is 0 Å². The third-order valence-electron chi connectivity index (χ3n) is 3.09. The summed E-state index contributed by atoms with van der Waals surface area (Å²) in [4.78, 5) is 10.4. The Bertz CT molecular complexity index is 366. The van der Waals surface area contributed by atoms with E-state index in [-0.39, 0.29) is 17.6 Å². The minimum Gasteiger partial charge on any atom is -0.508 e. The second-order valence-corrected chi connectivity index (χ2v) is 5.03. The number of carboxylic acid groups (broad SMARTS) is 1. The fraction of sp³-hybridized carbons (Fsp3) is 0.500. The maximum absolute atomic E-state index is 10.4. The highest BCUT2D eigenvalue weighted by Crippen LogP contribution is 2.30. The second-order valence-electron chi connectivity index (χ2n) is 5.03. The lowest BCUT2D eigenvalue weighted by molar-refractivity contribution is -0.137. The van der Waals surface area contributed by atoms with Gasteiger partial charge in [-0.05, 0) is 36.0 Å². The number of unbranched alkanes of at least 4 members (excludes halogenated alkanes) is 1. The van der Waals surface area contributed by atoms with Gasteiger partial charge in [0.2, 0.25) is 0 Å². The van der Waals surface area contributed by atoms with Gasteiger partial charge in [-0.3, -0.25) is 4.79 Å². The second kappa shape index (κ2) is 5.71. The largest absolute Gasteiger partial charge is 0.508 e. The molecule has 0 heterocycles. The van der Waals surface area contributed by atoms with E-state index in [9.17, 15) is 9.90 Å². The molecule has 0 fully saturated rings. The highest BCUT2D eigenvalue weighted by Gasteiger charge is 2.19. The van der Waals surface area contributed by atoms with E-state index in [0.717, 1.165) is 19.3 Å². The van der Waals surface area contributed by atoms with Crippen LogP contribution in [0.3, 0.4) is 0 Å². The lowest BCUT2D eigenvalue weighted by Crippen LogP contribution is -2.16. The Balaban J connectivity index is 2.50. The Morgan fingerprint density at radius 2 is 1.76 bits per heavy atom. The van der Waals surface area contributed by atoms with E-state index < -0.39 is 5.97 Å². The van der Waals surface area contributed by atoms with Gasteiger partial charge in [0, 0.05) is 6.42 Å². The molecular formula is C14H20O3. The topological polar surface area (TPSA) is 57.5 Å². The molecule has 0 radical (unpaired) electrons. The van der Waals surface area contributed by atoms with Gasteiger partial charge in [-0.1, -0.05) is 32.4 Å². The zero-order valence-electron chi connectivity index (χ0n) is 10.4. The van der Waals surface area contributed by atoms with Gasteiger partial charge in [0.05, 0.1) is 0 Å². The van der Waals surface area contributed by atoms with Crippen LogP contribution in [0, 0.1) is 0 Å². The van der Waals surface area contributed by atoms with Crippen LogP contribution < -0.4 is 0 Å². The van der Waals surface area contributed by atoms with Crippen molar-refractivity contribution >= 4 is 5.97 Å². The quantitative estimate of drug-likeness (QED) is 0.745. The average molecular weight is 236 g/mol. The Kier molecular flexibility index (Phi) is 4.55. The summed E-state index contributed by atoms with van der Waals surface area (Å²) in [6, 6.07) is 7.22. The first-order valence-corrected chi connectivity index (χ1v) is 5.93. The van der Waals surface area contributed by atoms with Crippen LogP contribution in [-0.4, -0.2) is 16.2 Å². The summed E-state index contributed by atoms with van der Waals surface area (Å²) >= 11 is 0. The molecule has 0 unspecified atom stereocenters. The Morgan fingerprint density at radius 3 is 2.29 bits per heavy atom. The van der Waals surface area contributed by atoms with Crippen LogP contribution in [0.25, 0.3) is 0 Å². The Morgan fingerprint density at radius 1 is 1.18 bits per heavy atom. The molecule has 2 N–H and O–H groups in total. The third-order valence-corrected chi connectivity index (χ3v) is 3.09. The fourth-order valence-corrected chi connectivity index (χ4v) is 1.90. The van der Waals surface area contributed by atoms with Crippen LogP contribution in [0.5, 0.6) is 5.75 Å². The number of rotatable bonds is 6. The van der Waals surface area contributed by atoms with Gasteiger partial charge in [0.1, 0.15) is 5.75 Å². The molecule has 0 amide bonds.